The molecule has 20 heavy (non-hydrogen) atoms. The highest BCUT2D eigenvalue weighted by Gasteiger charge is 1.40. The van der Waals surface area contributed by atoms with Gasteiger partial charge in [0.15, 0.2) is 0 Å². The van der Waals surface area contributed by atoms with Gasteiger partial charge in [0.2, 0.25) is 0 Å². The highest BCUT2D eigenvalue weighted by molar-refractivity contribution is 4.92. The quantitative estimate of drug-likeness (QED) is 0.555. The van der Waals surface area contributed by atoms with Crippen molar-refractivity contribution in [2.24, 2.45) is 0 Å². The van der Waals surface area contributed by atoms with Crippen LogP contribution >= 0.6 is 0 Å². The summed E-state index contributed by atoms with van der Waals surface area (Å²) in [6.45, 7) is 10.8. The van der Waals surface area contributed by atoms with E-state index >= 15 is 0 Å². The Bertz CT molecular complexity index is 773. The first-order valence-corrected chi connectivity index (χ1v) is 5.62. The van der Waals surface area contributed by atoms with E-state index in [1.165, 1.54) is 6.42 Å². The summed E-state index contributed by atoms with van der Waals surface area (Å²) in [4.78, 5) is 0. The fraction of sp³-hybridized carbons (Fsp3) is 0.150. The summed E-state index contributed by atoms with van der Waals surface area (Å²) in [6, 6.07) is 0. The monoisotopic (exact) mass is 252 g/mol. The molecule has 0 aromatic rings. The molecule has 0 aromatic carbocycles. The maximum Gasteiger partial charge on any atom is -0.0000000000000327 e. The molecular formula is C20H12. The summed E-state index contributed by atoms with van der Waals surface area (Å²) >= 11 is 0. The summed E-state index contributed by atoms with van der Waals surface area (Å²) < 4.78 is 0. The molecule has 0 aliphatic carbocycles. The van der Waals surface area contributed by atoms with Crippen LogP contribution in [0.2, 0.25) is 0 Å². The standard InChI is InChI=1S/C17H4.C3H8/c1-3-5-7-9-11-13-15-17-16-14-12-10-8-6-4-2;1-3-2/h1-2H2;3H2,1-2H3. The topological polar surface area (TPSA) is 0 Å². The molecule has 0 amide bonds. The van der Waals surface area contributed by atoms with Crippen LogP contribution in [0.3, 0.4) is 0 Å². The van der Waals surface area contributed by atoms with Crippen molar-refractivity contribution in [3.05, 3.63) is 99.1 Å². The van der Waals surface area contributed by atoms with Gasteiger partial charge in [-0.15, -0.1) is 0 Å². The van der Waals surface area contributed by atoms with Crippen LogP contribution in [0.4, 0.5) is 0 Å². The molecular weight excluding hydrogens is 240 g/mol. The molecule has 0 heteroatoms. The molecule has 0 spiro atoms. The lowest BCUT2D eigenvalue weighted by Crippen LogP contribution is -1.27. The Hall–Kier alpha value is -3.56. The van der Waals surface area contributed by atoms with Crippen molar-refractivity contribution in [3.63, 3.8) is 0 Å². The normalized spacial score (nSPS) is 4.10. The van der Waals surface area contributed by atoms with E-state index in [0.29, 0.717) is 0 Å². The molecule has 0 aliphatic rings. The second-order valence-corrected chi connectivity index (χ2v) is 2.69. The molecule has 0 heterocycles. The molecule has 0 aromatic heterocycles. The summed E-state index contributed by atoms with van der Waals surface area (Å²) in [5, 5.41) is 0. The zero-order valence-electron chi connectivity index (χ0n) is 11.6. The second-order valence-electron chi connectivity index (χ2n) is 2.69. The van der Waals surface area contributed by atoms with Gasteiger partial charge in [-0.1, -0.05) is 31.7 Å². The lowest BCUT2D eigenvalue weighted by molar-refractivity contribution is 1.09. The van der Waals surface area contributed by atoms with E-state index in [9.17, 15) is 0 Å². The molecule has 0 unspecified atom stereocenters. The lowest BCUT2D eigenvalue weighted by atomic mass is 10.6. The Morgan fingerprint density at radius 2 is 0.600 bits per heavy atom. The Balaban J connectivity index is 0. The SMILES string of the molecule is C=C=C=C=C=C=C=C=C=C=C=C=C=C=C=C=C.CCC. The van der Waals surface area contributed by atoms with E-state index in [-0.39, 0.29) is 0 Å². The average Bonchev–Trinajstić information content (AvgIpc) is 2.45. The van der Waals surface area contributed by atoms with Gasteiger partial charge < -0.3 is 0 Å². The fourth-order valence-electron chi connectivity index (χ4n) is 0.432. The van der Waals surface area contributed by atoms with Crippen molar-refractivity contribution in [2.75, 3.05) is 0 Å². The van der Waals surface area contributed by atoms with Gasteiger partial charge in [0.05, 0.1) is 0 Å². The second kappa shape index (κ2) is 20.8. The maximum atomic E-state index is 3.29. The third-order valence-electron chi connectivity index (χ3n) is 0.927. The molecule has 0 radical (unpaired) electrons. The third-order valence-corrected chi connectivity index (χ3v) is 0.927. The van der Waals surface area contributed by atoms with Gasteiger partial charge in [-0.05, 0) is 87.7 Å². The molecule has 0 saturated heterocycles. The molecule has 0 rings (SSSR count). The highest BCUT2D eigenvalue weighted by Crippen LogP contribution is 1.57. The zero-order valence-corrected chi connectivity index (χ0v) is 11.6. The third kappa shape index (κ3) is 23.9. The van der Waals surface area contributed by atoms with Crippen molar-refractivity contribution in [1.29, 1.82) is 0 Å². The van der Waals surface area contributed by atoms with Crippen LogP contribution in [0, 0.1) is 0 Å². The van der Waals surface area contributed by atoms with Gasteiger partial charge >= 0.3 is 0 Å². The van der Waals surface area contributed by atoms with E-state index < -0.39 is 0 Å². The van der Waals surface area contributed by atoms with E-state index in [1.807, 2.05) is 0 Å². The Morgan fingerprint density at radius 1 is 0.450 bits per heavy atom. The van der Waals surface area contributed by atoms with Crippen LogP contribution in [0.1, 0.15) is 20.3 Å². The van der Waals surface area contributed by atoms with Crippen LogP contribution in [0.15, 0.2) is 99.1 Å². The Kier molecular flexibility index (Phi) is 19.6. The first kappa shape index (κ1) is 18.8. The molecule has 0 N–H and O–H groups in total. The number of rotatable bonds is 0. The molecule has 0 aliphatic heterocycles. The van der Waals surface area contributed by atoms with Gasteiger partial charge in [0.25, 0.3) is 0 Å². The Morgan fingerprint density at radius 3 is 0.750 bits per heavy atom. The molecule has 0 nitrogen and oxygen atoms in total. The average molecular weight is 252 g/mol. The smallest absolute Gasteiger partial charge is 0.0000000000000327 e. The molecule has 0 saturated carbocycles. The first-order valence-electron chi connectivity index (χ1n) is 5.62. The Labute approximate surface area is 120 Å². The summed E-state index contributed by atoms with van der Waals surface area (Å²) in [5.74, 6) is 0. The van der Waals surface area contributed by atoms with Crippen molar-refractivity contribution in [2.45, 2.75) is 20.3 Å². The summed E-state index contributed by atoms with van der Waals surface area (Å²) in [5.41, 5.74) is 36.9. The summed E-state index contributed by atoms with van der Waals surface area (Å²) in [7, 11) is 0. The van der Waals surface area contributed by atoms with Crippen LogP contribution in [0.25, 0.3) is 0 Å². The lowest BCUT2D eigenvalue weighted by Gasteiger charge is -1.48. The van der Waals surface area contributed by atoms with Gasteiger partial charge in [0.1, 0.15) is 0 Å². The van der Waals surface area contributed by atoms with Crippen LogP contribution in [-0.2, 0) is 0 Å². The predicted molar refractivity (Wildman–Crippen MR) is 79.9 cm³/mol. The van der Waals surface area contributed by atoms with Gasteiger partial charge in [0, 0.05) is 0 Å². The fourth-order valence-corrected chi connectivity index (χ4v) is 0.432. The molecule has 0 fully saturated rings. The molecule has 92 valence electrons. The zero-order chi connectivity index (χ0) is 15.3. The van der Waals surface area contributed by atoms with E-state index in [0.717, 1.165) is 0 Å². The van der Waals surface area contributed by atoms with Gasteiger partial charge in [-0.2, -0.15) is 0 Å². The highest BCUT2D eigenvalue weighted by atomic mass is 13.4. The minimum absolute atomic E-state index is 1.25. The van der Waals surface area contributed by atoms with E-state index in [1.54, 1.807) is 0 Å². The largest absolute Gasteiger partial charge is 0.0687 e. The van der Waals surface area contributed by atoms with Crippen molar-refractivity contribution in [1.82, 2.24) is 0 Å². The van der Waals surface area contributed by atoms with Crippen molar-refractivity contribution >= 4 is 0 Å². The predicted octanol–water partition coefficient (Wildman–Crippen LogP) is 4.55. The van der Waals surface area contributed by atoms with Crippen LogP contribution in [0.5, 0.6) is 0 Å². The number of hydrogen-bond acceptors (Lipinski definition) is 0. The van der Waals surface area contributed by atoms with Crippen LogP contribution in [-0.4, -0.2) is 0 Å². The molecule has 0 atom stereocenters. The van der Waals surface area contributed by atoms with Crippen molar-refractivity contribution in [3.8, 4) is 0 Å². The maximum absolute atomic E-state index is 3.29. The first-order chi connectivity index (χ1) is 9.83. The van der Waals surface area contributed by atoms with Gasteiger partial charge in [-0.3, -0.25) is 0 Å². The van der Waals surface area contributed by atoms with Crippen molar-refractivity contribution < 1.29 is 0 Å². The van der Waals surface area contributed by atoms with Gasteiger partial charge in [-0.25, -0.2) is 0 Å². The van der Waals surface area contributed by atoms with E-state index in [4.69, 9.17) is 0 Å². The van der Waals surface area contributed by atoms with E-state index in [2.05, 4.69) is 113 Å². The number of hydrogen-bond donors (Lipinski definition) is 0. The summed E-state index contributed by atoms with van der Waals surface area (Å²) in [6.07, 6.45) is 1.25. The minimum atomic E-state index is 1.25. The molecule has 0 bridgehead atoms. The van der Waals surface area contributed by atoms with Crippen LogP contribution < -0.4 is 0 Å². The minimum Gasteiger partial charge on any atom is -0.0687 e.